The number of hydrogen-bond donors (Lipinski definition) is 2. The number of aliphatic carboxylic acids is 1. The minimum atomic E-state index is -4.88. The van der Waals surface area contributed by atoms with Crippen LogP contribution in [0.4, 0.5) is 18.0 Å². The number of alkyl halides is 3. The van der Waals surface area contributed by atoms with Crippen LogP contribution in [-0.2, 0) is 4.79 Å². The molecule has 1 aliphatic heterocycles. The minimum absolute atomic E-state index is 0.147. The van der Waals surface area contributed by atoms with Crippen molar-refractivity contribution >= 4 is 12.0 Å². The van der Waals surface area contributed by atoms with Crippen molar-refractivity contribution in [1.29, 1.82) is 0 Å². The zero-order chi connectivity index (χ0) is 16.4. The first-order valence-corrected chi connectivity index (χ1v) is 6.90. The van der Waals surface area contributed by atoms with Gasteiger partial charge in [0.15, 0.2) is 5.41 Å². The quantitative estimate of drug-likeness (QED) is 0.838. The van der Waals surface area contributed by atoms with Gasteiger partial charge in [-0.05, 0) is 18.8 Å². The molecular weight excluding hydrogens is 289 g/mol. The molecule has 0 aromatic rings. The molecule has 5 nitrogen and oxygen atoms in total. The van der Waals surface area contributed by atoms with Crippen LogP contribution in [0.25, 0.3) is 0 Å². The Labute approximate surface area is 121 Å². The summed E-state index contributed by atoms with van der Waals surface area (Å²) in [5.74, 6) is -1.78. The average molecular weight is 310 g/mol. The largest absolute Gasteiger partial charge is 0.481 e. The Morgan fingerprint density at radius 1 is 1.38 bits per heavy atom. The van der Waals surface area contributed by atoms with E-state index in [-0.39, 0.29) is 18.5 Å². The van der Waals surface area contributed by atoms with E-state index in [4.69, 9.17) is 5.11 Å². The number of likely N-dealkylation sites (tertiary alicyclic amines) is 1. The summed E-state index contributed by atoms with van der Waals surface area (Å²) < 4.78 is 39.1. The Balaban J connectivity index is 2.81. The van der Waals surface area contributed by atoms with Crippen molar-refractivity contribution in [3.8, 4) is 0 Å². The normalized spacial score (nSPS) is 24.2. The lowest BCUT2D eigenvalue weighted by atomic mass is 9.86. The Kier molecular flexibility index (Phi) is 5.11. The molecule has 0 saturated carbocycles. The maximum atomic E-state index is 13.0. The van der Waals surface area contributed by atoms with E-state index in [9.17, 15) is 22.8 Å². The molecule has 0 spiro atoms. The predicted octanol–water partition coefficient (Wildman–Crippen LogP) is 2.47. The first-order valence-electron chi connectivity index (χ1n) is 6.90. The average Bonchev–Trinajstić information content (AvgIpc) is 2.81. The summed E-state index contributed by atoms with van der Waals surface area (Å²) >= 11 is 0. The van der Waals surface area contributed by atoms with Crippen molar-refractivity contribution in [1.82, 2.24) is 10.2 Å². The topological polar surface area (TPSA) is 69.6 Å². The predicted molar refractivity (Wildman–Crippen MR) is 69.8 cm³/mol. The van der Waals surface area contributed by atoms with E-state index in [1.54, 1.807) is 0 Å². The zero-order valence-electron chi connectivity index (χ0n) is 12.3. The van der Waals surface area contributed by atoms with E-state index in [1.807, 2.05) is 20.8 Å². The van der Waals surface area contributed by atoms with Crippen LogP contribution < -0.4 is 5.32 Å². The van der Waals surface area contributed by atoms with Gasteiger partial charge in [0.25, 0.3) is 0 Å². The fourth-order valence-electron chi connectivity index (χ4n) is 2.50. The third-order valence-corrected chi connectivity index (χ3v) is 4.06. The first kappa shape index (κ1) is 17.6. The SMILES string of the molecule is CCC(NC(=O)N1CCC(C(=O)O)(C(F)(F)F)C1)C(C)C. The maximum absolute atomic E-state index is 13.0. The Hall–Kier alpha value is -1.47. The lowest BCUT2D eigenvalue weighted by molar-refractivity contribution is -0.226. The van der Waals surface area contributed by atoms with Crippen LogP contribution in [0.1, 0.15) is 33.6 Å². The van der Waals surface area contributed by atoms with Crippen LogP contribution >= 0.6 is 0 Å². The Bertz CT molecular complexity index is 412. The molecule has 1 heterocycles. The standard InChI is InChI=1S/C13H21F3N2O3/c1-4-9(8(2)3)17-11(21)18-6-5-12(7-18,10(19)20)13(14,15)16/h8-9H,4-7H2,1-3H3,(H,17,21)(H,19,20). The van der Waals surface area contributed by atoms with Crippen molar-refractivity contribution in [2.75, 3.05) is 13.1 Å². The second kappa shape index (κ2) is 6.11. The summed E-state index contributed by atoms with van der Waals surface area (Å²) in [6.45, 7) is 4.61. The summed E-state index contributed by atoms with van der Waals surface area (Å²) in [6.07, 6.45) is -4.84. The molecule has 1 fully saturated rings. The van der Waals surface area contributed by atoms with E-state index in [1.165, 1.54) is 0 Å². The number of rotatable bonds is 4. The second-order valence-electron chi connectivity index (χ2n) is 5.76. The van der Waals surface area contributed by atoms with Gasteiger partial charge in [-0.1, -0.05) is 20.8 Å². The summed E-state index contributed by atoms with van der Waals surface area (Å²) in [6, 6.07) is -0.786. The number of carboxylic acid groups (broad SMARTS) is 1. The van der Waals surface area contributed by atoms with E-state index in [0.717, 1.165) is 4.90 Å². The Morgan fingerprint density at radius 3 is 2.29 bits per heavy atom. The number of hydrogen-bond acceptors (Lipinski definition) is 2. The molecule has 8 heteroatoms. The lowest BCUT2D eigenvalue weighted by Gasteiger charge is -2.28. The van der Waals surface area contributed by atoms with E-state index >= 15 is 0 Å². The molecule has 1 saturated heterocycles. The summed E-state index contributed by atoms with van der Waals surface area (Å²) in [7, 11) is 0. The van der Waals surface area contributed by atoms with Crippen LogP contribution in [0.5, 0.6) is 0 Å². The number of nitrogens with zero attached hydrogens (tertiary/aromatic N) is 1. The molecule has 2 N–H and O–H groups in total. The van der Waals surface area contributed by atoms with Gasteiger partial charge in [-0.2, -0.15) is 13.2 Å². The molecule has 0 aliphatic carbocycles. The molecule has 2 unspecified atom stereocenters. The van der Waals surface area contributed by atoms with Gasteiger partial charge >= 0.3 is 18.2 Å². The van der Waals surface area contributed by atoms with Crippen LogP contribution in [0.15, 0.2) is 0 Å². The van der Waals surface area contributed by atoms with Gasteiger partial charge in [0.05, 0.1) is 0 Å². The fourth-order valence-corrected chi connectivity index (χ4v) is 2.50. The van der Waals surface area contributed by atoms with Gasteiger partial charge in [0.2, 0.25) is 0 Å². The Morgan fingerprint density at radius 2 is 1.95 bits per heavy atom. The van der Waals surface area contributed by atoms with Gasteiger partial charge in [0, 0.05) is 19.1 Å². The molecule has 1 rings (SSSR count). The number of urea groups is 1. The molecule has 21 heavy (non-hydrogen) atoms. The highest BCUT2D eigenvalue weighted by Gasteiger charge is 2.64. The van der Waals surface area contributed by atoms with E-state index in [0.29, 0.717) is 6.42 Å². The molecular formula is C13H21F3N2O3. The van der Waals surface area contributed by atoms with Crippen LogP contribution in [0.3, 0.4) is 0 Å². The molecule has 2 amide bonds. The van der Waals surface area contributed by atoms with Crippen molar-refractivity contribution in [2.45, 2.75) is 45.8 Å². The number of carboxylic acids is 1. The van der Waals surface area contributed by atoms with Crippen LogP contribution in [0.2, 0.25) is 0 Å². The molecule has 0 radical (unpaired) electrons. The van der Waals surface area contributed by atoms with Gasteiger partial charge < -0.3 is 15.3 Å². The minimum Gasteiger partial charge on any atom is -0.481 e. The molecule has 122 valence electrons. The van der Waals surface area contributed by atoms with Crippen molar-refractivity contribution in [3.63, 3.8) is 0 Å². The summed E-state index contributed by atoms with van der Waals surface area (Å²) in [5, 5.41) is 11.6. The second-order valence-corrected chi connectivity index (χ2v) is 5.76. The van der Waals surface area contributed by atoms with Gasteiger partial charge in [-0.25, -0.2) is 4.79 Å². The highest BCUT2D eigenvalue weighted by molar-refractivity contribution is 5.80. The van der Waals surface area contributed by atoms with Crippen LogP contribution in [0, 0.1) is 11.3 Å². The van der Waals surface area contributed by atoms with Crippen molar-refractivity contribution in [3.05, 3.63) is 0 Å². The lowest BCUT2D eigenvalue weighted by Crippen LogP contribution is -2.50. The van der Waals surface area contributed by atoms with Gasteiger partial charge in [-0.3, -0.25) is 4.79 Å². The highest BCUT2D eigenvalue weighted by atomic mass is 19.4. The monoisotopic (exact) mass is 310 g/mol. The number of amides is 2. The van der Waals surface area contributed by atoms with Gasteiger partial charge in [0.1, 0.15) is 0 Å². The molecule has 1 aliphatic rings. The van der Waals surface area contributed by atoms with Crippen LogP contribution in [-0.4, -0.2) is 47.3 Å². The van der Waals surface area contributed by atoms with Gasteiger partial charge in [-0.15, -0.1) is 0 Å². The van der Waals surface area contributed by atoms with Crippen molar-refractivity contribution < 1.29 is 27.9 Å². The summed E-state index contributed by atoms with van der Waals surface area (Å²) in [4.78, 5) is 24.0. The molecule has 0 aromatic carbocycles. The molecule has 0 aromatic heterocycles. The smallest absolute Gasteiger partial charge is 0.406 e. The number of halogens is 3. The molecule has 2 atom stereocenters. The highest BCUT2D eigenvalue weighted by Crippen LogP contribution is 2.45. The summed E-state index contributed by atoms with van der Waals surface area (Å²) in [5.41, 5.74) is -2.86. The first-order chi connectivity index (χ1) is 9.55. The third-order valence-electron chi connectivity index (χ3n) is 4.06. The fraction of sp³-hybridized carbons (Fsp3) is 0.846. The van der Waals surface area contributed by atoms with E-state index < -0.39 is 36.6 Å². The number of carbonyl (C=O) groups is 2. The van der Waals surface area contributed by atoms with E-state index in [2.05, 4.69) is 5.32 Å². The number of nitrogens with one attached hydrogen (secondary N) is 1. The maximum Gasteiger partial charge on any atom is 0.406 e. The molecule has 0 bridgehead atoms. The number of carbonyl (C=O) groups excluding carboxylic acids is 1. The zero-order valence-corrected chi connectivity index (χ0v) is 12.3. The van der Waals surface area contributed by atoms with Crippen molar-refractivity contribution in [2.24, 2.45) is 11.3 Å². The third kappa shape index (κ3) is 3.41.